The molecule has 0 saturated carbocycles. The van der Waals surface area contributed by atoms with Crippen molar-refractivity contribution in [3.63, 3.8) is 0 Å². The molecule has 0 atom stereocenters. The summed E-state index contributed by atoms with van der Waals surface area (Å²) in [5.41, 5.74) is 1.000. The number of ether oxygens (including phenoxy) is 1. The van der Waals surface area contributed by atoms with Gasteiger partial charge in [-0.15, -0.1) is 0 Å². The molecule has 0 spiro atoms. The third kappa shape index (κ3) is 3.80. The predicted molar refractivity (Wildman–Crippen MR) is 83.9 cm³/mol. The first kappa shape index (κ1) is 14.0. The highest BCUT2D eigenvalue weighted by molar-refractivity contribution is 7.19. The van der Waals surface area contributed by atoms with E-state index >= 15 is 0 Å². The molecule has 0 radical (unpaired) electrons. The Labute approximate surface area is 127 Å². The third-order valence-corrected chi connectivity index (χ3v) is 4.24. The lowest BCUT2D eigenvalue weighted by molar-refractivity contribution is -0.115. The summed E-state index contributed by atoms with van der Waals surface area (Å²) in [5.74, 6) is -0.0379. The van der Waals surface area contributed by atoms with E-state index in [0.717, 1.165) is 36.9 Å². The molecule has 1 aliphatic rings. The van der Waals surface area contributed by atoms with Crippen LogP contribution in [0.15, 0.2) is 36.5 Å². The second-order valence-electron chi connectivity index (χ2n) is 4.81. The summed E-state index contributed by atoms with van der Waals surface area (Å²) in [6, 6.07) is 9.70. The topological polar surface area (TPSA) is 54.5 Å². The quantitative estimate of drug-likeness (QED) is 0.940. The Morgan fingerprint density at radius 2 is 2.05 bits per heavy atom. The molecule has 0 bridgehead atoms. The lowest BCUT2D eigenvalue weighted by Gasteiger charge is -2.26. The van der Waals surface area contributed by atoms with Crippen LogP contribution in [-0.4, -0.2) is 37.2 Å². The molecule has 1 fully saturated rings. The van der Waals surface area contributed by atoms with Gasteiger partial charge < -0.3 is 15.0 Å². The van der Waals surface area contributed by atoms with E-state index in [9.17, 15) is 4.79 Å². The van der Waals surface area contributed by atoms with Crippen LogP contribution in [0.2, 0.25) is 0 Å². The van der Waals surface area contributed by atoms with E-state index < -0.39 is 0 Å². The highest BCUT2D eigenvalue weighted by atomic mass is 32.1. The van der Waals surface area contributed by atoms with Crippen LogP contribution in [-0.2, 0) is 16.0 Å². The van der Waals surface area contributed by atoms with E-state index in [1.54, 1.807) is 0 Å². The van der Waals surface area contributed by atoms with E-state index in [1.165, 1.54) is 11.3 Å². The summed E-state index contributed by atoms with van der Waals surface area (Å²) in [6.07, 6.45) is 2.18. The molecule has 5 nitrogen and oxygen atoms in total. The molecule has 2 heterocycles. The first-order valence-corrected chi connectivity index (χ1v) is 7.75. The smallest absolute Gasteiger partial charge is 0.230 e. The number of aromatic nitrogens is 1. The molecule has 3 rings (SSSR count). The maximum Gasteiger partial charge on any atom is 0.230 e. The van der Waals surface area contributed by atoms with Crippen molar-refractivity contribution in [3.8, 4) is 0 Å². The van der Waals surface area contributed by atoms with E-state index in [-0.39, 0.29) is 5.91 Å². The first-order valence-electron chi connectivity index (χ1n) is 6.93. The summed E-state index contributed by atoms with van der Waals surface area (Å²) in [5, 5.41) is 4.59. The number of carbonyl (C=O) groups excluding carboxylic acids is 1. The fraction of sp³-hybridized carbons (Fsp3) is 0.333. The number of morpholine rings is 1. The zero-order valence-electron chi connectivity index (χ0n) is 11.6. The van der Waals surface area contributed by atoms with Crippen LogP contribution in [0.3, 0.4) is 0 Å². The van der Waals surface area contributed by atoms with Crippen LogP contribution in [0, 0.1) is 0 Å². The number of nitrogens with one attached hydrogen (secondary N) is 1. The van der Waals surface area contributed by atoms with Gasteiger partial charge in [0.15, 0.2) is 5.13 Å². The average molecular weight is 303 g/mol. The molecule has 6 heteroatoms. The van der Waals surface area contributed by atoms with Gasteiger partial charge in [0.05, 0.1) is 25.8 Å². The van der Waals surface area contributed by atoms with Crippen LogP contribution >= 0.6 is 11.3 Å². The van der Waals surface area contributed by atoms with E-state index in [2.05, 4.69) is 15.2 Å². The fourth-order valence-corrected chi connectivity index (χ4v) is 3.08. The predicted octanol–water partition coefficient (Wildman–Crippen LogP) is 2.16. The van der Waals surface area contributed by atoms with Gasteiger partial charge in [0.25, 0.3) is 0 Å². The van der Waals surface area contributed by atoms with Gasteiger partial charge in [0, 0.05) is 13.1 Å². The Bertz CT molecular complexity index is 594. The number of rotatable bonds is 4. The van der Waals surface area contributed by atoms with Crippen molar-refractivity contribution in [1.82, 2.24) is 4.98 Å². The van der Waals surface area contributed by atoms with E-state index in [0.29, 0.717) is 11.6 Å². The highest BCUT2D eigenvalue weighted by Crippen LogP contribution is 2.27. The summed E-state index contributed by atoms with van der Waals surface area (Å²) in [7, 11) is 0. The molecule has 0 unspecified atom stereocenters. The first-order chi connectivity index (χ1) is 10.3. The molecule has 2 aromatic rings. The van der Waals surface area contributed by atoms with Gasteiger partial charge in [-0.1, -0.05) is 41.7 Å². The van der Waals surface area contributed by atoms with Crippen LogP contribution in [0.4, 0.5) is 10.1 Å². The monoisotopic (exact) mass is 303 g/mol. The minimum absolute atomic E-state index is 0.0379. The number of hydrogen-bond acceptors (Lipinski definition) is 5. The zero-order valence-corrected chi connectivity index (χ0v) is 12.4. The van der Waals surface area contributed by atoms with Gasteiger partial charge in [-0.25, -0.2) is 4.98 Å². The Balaban J connectivity index is 1.57. The standard InChI is InChI=1S/C15H17N3O2S/c19-13(10-12-4-2-1-3-5-12)17-15-16-11-14(21-15)18-6-8-20-9-7-18/h1-5,11H,6-10H2,(H,16,17,19). The summed E-state index contributed by atoms with van der Waals surface area (Å²) in [4.78, 5) is 18.5. The largest absolute Gasteiger partial charge is 0.378 e. The molecule has 1 aliphatic heterocycles. The molecule has 110 valence electrons. The molecular weight excluding hydrogens is 286 g/mol. The van der Waals surface area contributed by atoms with Gasteiger partial charge in [-0.2, -0.15) is 0 Å². The van der Waals surface area contributed by atoms with Crippen LogP contribution < -0.4 is 10.2 Å². The molecule has 1 amide bonds. The number of carbonyl (C=O) groups is 1. The Kier molecular flexibility index (Phi) is 4.47. The molecular formula is C15H17N3O2S. The lowest BCUT2D eigenvalue weighted by atomic mass is 10.1. The van der Waals surface area contributed by atoms with Crippen LogP contribution in [0.25, 0.3) is 0 Å². The maximum absolute atomic E-state index is 12.0. The van der Waals surface area contributed by atoms with Crippen molar-refractivity contribution >= 4 is 27.4 Å². The number of anilines is 2. The average Bonchev–Trinajstić information content (AvgIpc) is 2.97. The van der Waals surface area contributed by atoms with Crippen LogP contribution in [0.1, 0.15) is 5.56 Å². The summed E-state index contributed by atoms with van der Waals surface area (Å²) >= 11 is 1.51. The zero-order chi connectivity index (χ0) is 14.5. The Morgan fingerprint density at radius 3 is 2.81 bits per heavy atom. The van der Waals surface area contributed by atoms with Crippen LogP contribution in [0.5, 0.6) is 0 Å². The van der Waals surface area contributed by atoms with Gasteiger partial charge in [0.2, 0.25) is 5.91 Å². The minimum Gasteiger partial charge on any atom is -0.378 e. The SMILES string of the molecule is O=C(Cc1ccccc1)Nc1ncc(N2CCOCC2)s1. The van der Waals surface area contributed by atoms with E-state index in [1.807, 2.05) is 36.5 Å². The van der Waals surface area contributed by atoms with Gasteiger partial charge in [0.1, 0.15) is 5.00 Å². The normalized spacial score (nSPS) is 15.0. The van der Waals surface area contributed by atoms with Crippen molar-refractivity contribution < 1.29 is 9.53 Å². The van der Waals surface area contributed by atoms with Crippen molar-refractivity contribution in [2.24, 2.45) is 0 Å². The second-order valence-corrected chi connectivity index (χ2v) is 5.82. The molecule has 1 N–H and O–H groups in total. The molecule has 0 aliphatic carbocycles. The Hall–Kier alpha value is -1.92. The lowest BCUT2D eigenvalue weighted by Crippen LogP contribution is -2.35. The van der Waals surface area contributed by atoms with E-state index in [4.69, 9.17) is 4.74 Å². The highest BCUT2D eigenvalue weighted by Gasteiger charge is 2.15. The van der Waals surface area contributed by atoms with Crippen molar-refractivity contribution in [1.29, 1.82) is 0 Å². The molecule has 1 aromatic heterocycles. The number of amides is 1. The fourth-order valence-electron chi connectivity index (χ4n) is 2.20. The summed E-state index contributed by atoms with van der Waals surface area (Å²) in [6.45, 7) is 3.24. The number of nitrogens with zero attached hydrogens (tertiary/aromatic N) is 2. The summed E-state index contributed by atoms with van der Waals surface area (Å²) < 4.78 is 5.33. The van der Waals surface area contributed by atoms with Gasteiger partial charge >= 0.3 is 0 Å². The third-order valence-electron chi connectivity index (χ3n) is 3.27. The Morgan fingerprint density at radius 1 is 1.29 bits per heavy atom. The number of hydrogen-bond donors (Lipinski definition) is 1. The van der Waals surface area contributed by atoms with Gasteiger partial charge in [-0.05, 0) is 5.56 Å². The molecule has 21 heavy (non-hydrogen) atoms. The number of thiazole rings is 1. The maximum atomic E-state index is 12.0. The van der Waals surface area contributed by atoms with Gasteiger partial charge in [-0.3, -0.25) is 4.79 Å². The van der Waals surface area contributed by atoms with Crippen molar-refractivity contribution in [2.75, 3.05) is 36.5 Å². The number of benzene rings is 1. The second kappa shape index (κ2) is 6.69. The van der Waals surface area contributed by atoms with Crippen molar-refractivity contribution in [3.05, 3.63) is 42.1 Å². The van der Waals surface area contributed by atoms with Crippen molar-refractivity contribution in [2.45, 2.75) is 6.42 Å². The minimum atomic E-state index is -0.0379. The molecule has 1 aromatic carbocycles. The molecule has 1 saturated heterocycles.